The van der Waals surface area contributed by atoms with Crippen molar-refractivity contribution in [2.45, 2.75) is 39.7 Å². The monoisotopic (exact) mass is 269 g/mol. The second-order valence-corrected chi connectivity index (χ2v) is 4.89. The molecule has 0 saturated carbocycles. The fourth-order valence-electron chi connectivity index (χ4n) is 1.69. The van der Waals surface area contributed by atoms with Crippen LogP contribution < -0.4 is 10.1 Å². The Kier molecular flexibility index (Phi) is 5.99. The summed E-state index contributed by atoms with van der Waals surface area (Å²) in [5.74, 6) is 0.552. The molecule has 0 aliphatic rings. The zero-order valence-electron chi connectivity index (χ0n) is 11.1. The number of halogens is 1. The number of carbonyl (C=O) groups is 1. The van der Waals surface area contributed by atoms with E-state index in [1.165, 1.54) is 0 Å². The van der Waals surface area contributed by atoms with E-state index in [-0.39, 0.29) is 18.6 Å². The predicted molar refractivity (Wildman–Crippen MR) is 74.2 cm³/mol. The third-order valence-corrected chi connectivity index (χ3v) is 2.87. The number of aryl methyl sites for hydroxylation is 1. The molecule has 0 spiro atoms. The van der Waals surface area contributed by atoms with Gasteiger partial charge in [0.15, 0.2) is 6.61 Å². The Morgan fingerprint density at radius 2 is 2.22 bits per heavy atom. The normalized spacial score (nSPS) is 12.0. The van der Waals surface area contributed by atoms with Crippen LogP contribution in [-0.2, 0) is 4.79 Å². The highest BCUT2D eigenvalue weighted by Gasteiger charge is 2.08. The number of nitrogens with one attached hydrogen (secondary N) is 1. The van der Waals surface area contributed by atoms with Gasteiger partial charge in [-0.3, -0.25) is 4.79 Å². The Morgan fingerprint density at radius 1 is 1.50 bits per heavy atom. The molecule has 1 aromatic rings. The number of benzene rings is 1. The molecule has 0 aliphatic carbocycles. The van der Waals surface area contributed by atoms with E-state index in [2.05, 4.69) is 12.2 Å². The molecule has 4 heteroatoms. The van der Waals surface area contributed by atoms with Gasteiger partial charge in [0, 0.05) is 11.1 Å². The quantitative estimate of drug-likeness (QED) is 0.860. The highest BCUT2D eigenvalue weighted by atomic mass is 35.5. The van der Waals surface area contributed by atoms with E-state index in [0.29, 0.717) is 10.8 Å². The molecule has 0 aliphatic heterocycles. The van der Waals surface area contributed by atoms with Crippen LogP contribution in [0.4, 0.5) is 0 Å². The molecule has 0 saturated heterocycles. The molecule has 1 unspecified atom stereocenters. The van der Waals surface area contributed by atoms with E-state index in [4.69, 9.17) is 16.3 Å². The maximum Gasteiger partial charge on any atom is 0.258 e. The first-order valence-electron chi connectivity index (χ1n) is 6.21. The molecule has 100 valence electrons. The molecule has 0 aromatic heterocycles. The van der Waals surface area contributed by atoms with Crippen molar-refractivity contribution >= 4 is 17.5 Å². The lowest BCUT2D eigenvalue weighted by Gasteiger charge is -2.14. The van der Waals surface area contributed by atoms with Gasteiger partial charge in [0.05, 0.1) is 0 Å². The van der Waals surface area contributed by atoms with Gasteiger partial charge in [-0.1, -0.05) is 31.0 Å². The highest BCUT2D eigenvalue weighted by Crippen LogP contribution is 2.22. The summed E-state index contributed by atoms with van der Waals surface area (Å²) in [7, 11) is 0. The molecule has 1 rings (SSSR count). The minimum absolute atomic E-state index is 0.0231. The maximum absolute atomic E-state index is 11.6. The van der Waals surface area contributed by atoms with Crippen molar-refractivity contribution in [1.29, 1.82) is 0 Å². The van der Waals surface area contributed by atoms with Crippen LogP contribution in [0, 0.1) is 6.92 Å². The molecule has 1 atom stereocenters. The van der Waals surface area contributed by atoms with Crippen LogP contribution in [0.5, 0.6) is 5.75 Å². The second-order valence-electron chi connectivity index (χ2n) is 4.46. The van der Waals surface area contributed by atoms with Crippen LogP contribution in [0.25, 0.3) is 0 Å². The predicted octanol–water partition coefficient (Wildman–Crippen LogP) is 3.33. The lowest BCUT2D eigenvalue weighted by atomic mass is 10.2. The topological polar surface area (TPSA) is 38.3 Å². The Labute approximate surface area is 113 Å². The Morgan fingerprint density at radius 3 is 2.89 bits per heavy atom. The largest absolute Gasteiger partial charge is 0.483 e. The van der Waals surface area contributed by atoms with Crippen LogP contribution >= 0.6 is 11.6 Å². The van der Waals surface area contributed by atoms with Crippen molar-refractivity contribution in [3.8, 4) is 5.75 Å². The summed E-state index contributed by atoms with van der Waals surface area (Å²) in [4.78, 5) is 11.6. The molecule has 1 amide bonds. The zero-order chi connectivity index (χ0) is 13.5. The fraction of sp³-hybridized carbons (Fsp3) is 0.500. The summed E-state index contributed by atoms with van der Waals surface area (Å²) >= 11 is 5.88. The number of rotatable bonds is 6. The number of ether oxygens (including phenoxy) is 1. The van der Waals surface area contributed by atoms with Crippen LogP contribution in [0.3, 0.4) is 0 Å². The maximum atomic E-state index is 11.6. The molecular weight excluding hydrogens is 250 g/mol. The van der Waals surface area contributed by atoms with Gasteiger partial charge in [-0.15, -0.1) is 0 Å². The molecule has 0 bridgehead atoms. The average Bonchev–Trinajstić information content (AvgIpc) is 2.30. The van der Waals surface area contributed by atoms with E-state index in [1.807, 2.05) is 19.9 Å². The van der Waals surface area contributed by atoms with Crippen LogP contribution in [0.1, 0.15) is 32.3 Å². The number of amides is 1. The Balaban J connectivity index is 2.45. The lowest BCUT2D eigenvalue weighted by Crippen LogP contribution is -2.36. The van der Waals surface area contributed by atoms with Crippen LogP contribution in [0.15, 0.2) is 18.2 Å². The summed E-state index contributed by atoms with van der Waals surface area (Å²) < 4.78 is 5.46. The SMILES string of the molecule is CCCC(C)NC(=O)COc1cc(Cl)ccc1C. The third kappa shape index (κ3) is 4.96. The van der Waals surface area contributed by atoms with Crippen molar-refractivity contribution < 1.29 is 9.53 Å². The van der Waals surface area contributed by atoms with E-state index >= 15 is 0 Å². The number of hydrogen-bond donors (Lipinski definition) is 1. The minimum Gasteiger partial charge on any atom is -0.483 e. The average molecular weight is 270 g/mol. The molecular formula is C14H20ClNO2. The second kappa shape index (κ2) is 7.27. The molecule has 18 heavy (non-hydrogen) atoms. The summed E-state index contributed by atoms with van der Waals surface area (Å²) in [6.45, 7) is 6.03. The van der Waals surface area contributed by atoms with Crippen molar-refractivity contribution in [3.63, 3.8) is 0 Å². The third-order valence-electron chi connectivity index (χ3n) is 2.64. The van der Waals surface area contributed by atoms with Crippen molar-refractivity contribution in [2.75, 3.05) is 6.61 Å². The summed E-state index contributed by atoms with van der Waals surface area (Å²) in [6.07, 6.45) is 2.03. The van der Waals surface area contributed by atoms with E-state index in [1.54, 1.807) is 12.1 Å². The Bertz CT molecular complexity index is 407. The summed E-state index contributed by atoms with van der Waals surface area (Å²) in [5, 5.41) is 3.50. The minimum atomic E-state index is -0.102. The molecule has 0 heterocycles. The number of hydrogen-bond acceptors (Lipinski definition) is 2. The smallest absolute Gasteiger partial charge is 0.258 e. The van der Waals surface area contributed by atoms with Gasteiger partial charge in [-0.05, 0) is 38.0 Å². The van der Waals surface area contributed by atoms with Gasteiger partial charge < -0.3 is 10.1 Å². The van der Waals surface area contributed by atoms with E-state index in [0.717, 1.165) is 18.4 Å². The van der Waals surface area contributed by atoms with Gasteiger partial charge in [-0.25, -0.2) is 0 Å². The fourth-order valence-corrected chi connectivity index (χ4v) is 1.86. The zero-order valence-corrected chi connectivity index (χ0v) is 11.9. The van der Waals surface area contributed by atoms with Crippen molar-refractivity contribution in [1.82, 2.24) is 5.32 Å². The first kappa shape index (κ1) is 14.8. The Hall–Kier alpha value is -1.22. The lowest BCUT2D eigenvalue weighted by molar-refractivity contribution is -0.123. The summed E-state index contributed by atoms with van der Waals surface area (Å²) in [6, 6.07) is 5.58. The first-order chi connectivity index (χ1) is 8.52. The molecule has 1 aromatic carbocycles. The highest BCUT2D eigenvalue weighted by molar-refractivity contribution is 6.30. The van der Waals surface area contributed by atoms with Crippen molar-refractivity contribution in [2.24, 2.45) is 0 Å². The first-order valence-corrected chi connectivity index (χ1v) is 6.59. The van der Waals surface area contributed by atoms with Gasteiger partial charge >= 0.3 is 0 Å². The van der Waals surface area contributed by atoms with Gasteiger partial charge in [-0.2, -0.15) is 0 Å². The van der Waals surface area contributed by atoms with Crippen LogP contribution in [-0.4, -0.2) is 18.6 Å². The molecule has 0 radical (unpaired) electrons. The van der Waals surface area contributed by atoms with Gasteiger partial charge in [0.25, 0.3) is 5.91 Å². The van der Waals surface area contributed by atoms with Gasteiger partial charge in [0.1, 0.15) is 5.75 Å². The molecule has 0 fully saturated rings. The summed E-state index contributed by atoms with van der Waals surface area (Å²) in [5.41, 5.74) is 0.966. The standard InChI is InChI=1S/C14H20ClNO2/c1-4-5-11(3)16-14(17)9-18-13-8-12(15)7-6-10(13)2/h6-8,11H,4-5,9H2,1-3H3,(H,16,17). The number of carbonyl (C=O) groups excluding carboxylic acids is 1. The van der Waals surface area contributed by atoms with Crippen molar-refractivity contribution in [3.05, 3.63) is 28.8 Å². The van der Waals surface area contributed by atoms with Crippen LogP contribution in [0.2, 0.25) is 5.02 Å². The van der Waals surface area contributed by atoms with E-state index < -0.39 is 0 Å². The van der Waals surface area contributed by atoms with Gasteiger partial charge in [0.2, 0.25) is 0 Å². The van der Waals surface area contributed by atoms with E-state index in [9.17, 15) is 4.79 Å². The molecule has 1 N–H and O–H groups in total. The molecule has 3 nitrogen and oxygen atoms in total.